The molecule has 0 aliphatic carbocycles. The molecule has 0 aliphatic heterocycles. The van der Waals surface area contributed by atoms with Gasteiger partial charge in [-0.05, 0) is 42.0 Å². The van der Waals surface area contributed by atoms with Crippen molar-refractivity contribution in [1.29, 1.82) is 0 Å². The third-order valence-electron chi connectivity index (χ3n) is 4.10. The first kappa shape index (κ1) is 19.5. The molecule has 2 aromatic heterocycles. The number of nitrogens with zero attached hydrogens (tertiary/aromatic N) is 3. The Labute approximate surface area is 175 Å². The number of benzene rings is 2. The standard InChI is InChI=1S/C21H16N4O4S/c26-18(22-15-7-4-6-14(12-15)20(27)28)13-30-21-24-23-19(17-10-5-11-29-17)25(21)16-8-2-1-3-9-16/h1-12H,13H2,(H,22,26)(H,27,28)/p-1. The molecule has 0 spiro atoms. The number of aromatic nitrogens is 3. The number of carboxylic acids is 1. The summed E-state index contributed by atoms with van der Waals surface area (Å²) in [6, 6.07) is 19.0. The SMILES string of the molecule is O=C(CSc1nnc(-c2ccco2)n1-c1ccccc1)Nc1cccc(C(=O)[O-])c1. The quantitative estimate of drug-likeness (QED) is 0.458. The fraction of sp³-hybridized carbons (Fsp3) is 0.0476. The van der Waals surface area contributed by atoms with Crippen molar-refractivity contribution >= 4 is 29.3 Å². The minimum atomic E-state index is -1.30. The lowest BCUT2D eigenvalue weighted by Gasteiger charge is -2.10. The van der Waals surface area contributed by atoms with Gasteiger partial charge in [-0.2, -0.15) is 0 Å². The number of furan rings is 1. The lowest BCUT2D eigenvalue weighted by molar-refractivity contribution is -0.255. The van der Waals surface area contributed by atoms with Crippen LogP contribution in [0.25, 0.3) is 17.3 Å². The van der Waals surface area contributed by atoms with Crippen LogP contribution in [0.2, 0.25) is 0 Å². The molecule has 0 bridgehead atoms. The molecule has 2 aromatic carbocycles. The molecule has 0 aliphatic rings. The number of rotatable bonds is 7. The van der Waals surface area contributed by atoms with Crippen molar-refractivity contribution < 1.29 is 19.1 Å². The maximum Gasteiger partial charge on any atom is 0.234 e. The highest BCUT2D eigenvalue weighted by Crippen LogP contribution is 2.28. The predicted octanol–water partition coefficient (Wildman–Crippen LogP) is 2.62. The second kappa shape index (κ2) is 8.66. The Bertz CT molecular complexity index is 1170. The molecule has 150 valence electrons. The monoisotopic (exact) mass is 419 g/mol. The molecule has 0 fully saturated rings. The van der Waals surface area contributed by atoms with Crippen molar-refractivity contribution in [3.63, 3.8) is 0 Å². The number of carbonyl (C=O) groups is 2. The third kappa shape index (κ3) is 4.26. The van der Waals surface area contributed by atoms with E-state index in [0.717, 1.165) is 5.69 Å². The molecular formula is C21H15N4O4S-. The third-order valence-corrected chi connectivity index (χ3v) is 5.03. The van der Waals surface area contributed by atoms with E-state index in [2.05, 4.69) is 15.5 Å². The molecule has 8 nitrogen and oxygen atoms in total. The van der Waals surface area contributed by atoms with Gasteiger partial charge in [-0.15, -0.1) is 10.2 Å². The summed E-state index contributed by atoms with van der Waals surface area (Å²) in [7, 11) is 0. The number of nitrogens with one attached hydrogen (secondary N) is 1. The van der Waals surface area contributed by atoms with Crippen LogP contribution in [0.5, 0.6) is 0 Å². The van der Waals surface area contributed by atoms with E-state index in [9.17, 15) is 14.7 Å². The van der Waals surface area contributed by atoms with E-state index < -0.39 is 5.97 Å². The topological polar surface area (TPSA) is 113 Å². The van der Waals surface area contributed by atoms with Gasteiger partial charge in [-0.25, -0.2) is 0 Å². The van der Waals surface area contributed by atoms with Crippen LogP contribution in [0, 0.1) is 0 Å². The zero-order valence-electron chi connectivity index (χ0n) is 15.5. The lowest BCUT2D eigenvalue weighted by Crippen LogP contribution is -2.22. The Morgan fingerprint density at radius 2 is 1.87 bits per heavy atom. The number of amides is 1. The Morgan fingerprint density at radius 1 is 1.03 bits per heavy atom. The summed E-state index contributed by atoms with van der Waals surface area (Å²) >= 11 is 1.20. The zero-order chi connectivity index (χ0) is 20.9. The van der Waals surface area contributed by atoms with Gasteiger partial charge in [0.2, 0.25) is 11.7 Å². The van der Waals surface area contributed by atoms with Gasteiger partial charge in [0.1, 0.15) is 0 Å². The van der Waals surface area contributed by atoms with Crippen LogP contribution in [0.3, 0.4) is 0 Å². The average molecular weight is 419 g/mol. The van der Waals surface area contributed by atoms with Gasteiger partial charge in [0.05, 0.1) is 18.0 Å². The van der Waals surface area contributed by atoms with Crippen LogP contribution in [0.1, 0.15) is 10.4 Å². The molecule has 0 saturated carbocycles. The van der Waals surface area contributed by atoms with Gasteiger partial charge < -0.3 is 19.6 Å². The maximum absolute atomic E-state index is 12.4. The summed E-state index contributed by atoms with van der Waals surface area (Å²) in [6.07, 6.45) is 1.56. The fourth-order valence-corrected chi connectivity index (χ4v) is 3.54. The van der Waals surface area contributed by atoms with E-state index in [-0.39, 0.29) is 17.2 Å². The average Bonchev–Trinajstić information content (AvgIpc) is 3.43. The number of hydrogen-bond acceptors (Lipinski definition) is 7. The smallest absolute Gasteiger partial charge is 0.234 e. The van der Waals surface area contributed by atoms with Crippen molar-refractivity contribution in [2.75, 3.05) is 11.1 Å². The van der Waals surface area contributed by atoms with Crippen molar-refractivity contribution in [2.24, 2.45) is 0 Å². The summed E-state index contributed by atoms with van der Waals surface area (Å²) < 4.78 is 7.28. The van der Waals surface area contributed by atoms with E-state index in [1.54, 1.807) is 24.5 Å². The van der Waals surface area contributed by atoms with Gasteiger partial charge >= 0.3 is 0 Å². The zero-order valence-corrected chi connectivity index (χ0v) is 16.3. The predicted molar refractivity (Wildman–Crippen MR) is 109 cm³/mol. The first-order valence-corrected chi connectivity index (χ1v) is 9.89. The number of aromatic carboxylic acids is 1. The number of para-hydroxylation sites is 1. The van der Waals surface area contributed by atoms with Crippen LogP contribution in [0.15, 0.2) is 82.6 Å². The van der Waals surface area contributed by atoms with Gasteiger partial charge in [0.15, 0.2) is 10.9 Å². The first-order valence-electron chi connectivity index (χ1n) is 8.90. The number of thioether (sulfide) groups is 1. The molecule has 0 unspecified atom stereocenters. The Morgan fingerprint density at radius 3 is 2.60 bits per heavy atom. The number of carbonyl (C=O) groups excluding carboxylic acids is 2. The number of carboxylic acid groups (broad SMARTS) is 1. The van der Waals surface area contributed by atoms with Crippen LogP contribution >= 0.6 is 11.8 Å². The van der Waals surface area contributed by atoms with E-state index >= 15 is 0 Å². The lowest BCUT2D eigenvalue weighted by atomic mass is 10.2. The molecule has 1 N–H and O–H groups in total. The van der Waals surface area contributed by atoms with E-state index in [1.165, 1.54) is 30.0 Å². The van der Waals surface area contributed by atoms with Crippen LogP contribution < -0.4 is 10.4 Å². The highest BCUT2D eigenvalue weighted by molar-refractivity contribution is 7.99. The van der Waals surface area contributed by atoms with E-state index in [1.807, 2.05) is 34.9 Å². The Balaban J connectivity index is 1.53. The molecule has 0 atom stereocenters. The van der Waals surface area contributed by atoms with Crippen molar-refractivity contribution in [2.45, 2.75) is 5.16 Å². The molecule has 0 radical (unpaired) electrons. The molecule has 0 saturated heterocycles. The number of hydrogen-bond donors (Lipinski definition) is 1. The van der Waals surface area contributed by atoms with Crippen molar-refractivity contribution in [3.8, 4) is 17.3 Å². The van der Waals surface area contributed by atoms with E-state index in [4.69, 9.17) is 4.42 Å². The summed E-state index contributed by atoms with van der Waals surface area (Å²) in [6.45, 7) is 0. The fourth-order valence-electron chi connectivity index (χ4n) is 2.79. The van der Waals surface area contributed by atoms with Gasteiger partial charge in [0, 0.05) is 11.4 Å². The van der Waals surface area contributed by atoms with Crippen LogP contribution in [-0.2, 0) is 4.79 Å². The normalized spacial score (nSPS) is 10.7. The second-order valence-electron chi connectivity index (χ2n) is 6.16. The largest absolute Gasteiger partial charge is 0.545 e. The van der Waals surface area contributed by atoms with E-state index in [0.29, 0.717) is 22.4 Å². The second-order valence-corrected chi connectivity index (χ2v) is 7.10. The Hall–Kier alpha value is -3.85. The minimum Gasteiger partial charge on any atom is -0.545 e. The molecule has 30 heavy (non-hydrogen) atoms. The minimum absolute atomic E-state index is 0.00707. The van der Waals surface area contributed by atoms with Crippen molar-refractivity contribution in [1.82, 2.24) is 14.8 Å². The summed E-state index contributed by atoms with van der Waals surface area (Å²) in [5.41, 5.74) is 1.20. The molecule has 9 heteroatoms. The van der Waals surface area contributed by atoms with Gasteiger partial charge in [-0.1, -0.05) is 42.1 Å². The molecule has 2 heterocycles. The highest BCUT2D eigenvalue weighted by atomic mass is 32.2. The molecular weight excluding hydrogens is 404 g/mol. The molecule has 4 aromatic rings. The van der Waals surface area contributed by atoms with Crippen LogP contribution in [-0.4, -0.2) is 32.4 Å². The summed E-state index contributed by atoms with van der Waals surface area (Å²) in [5, 5.41) is 22.6. The van der Waals surface area contributed by atoms with Crippen LogP contribution in [0.4, 0.5) is 5.69 Å². The summed E-state index contributed by atoms with van der Waals surface area (Å²) in [5.74, 6) is -0.476. The molecule has 1 amide bonds. The van der Waals surface area contributed by atoms with Gasteiger partial charge in [-0.3, -0.25) is 9.36 Å². The van der Waals surface area contributed by atoms with Crippen molar-refractivity contribution in [3.05, 3.63) is 78.6 Å². The maximum atomic E-state index is 12.4. The Kier molecular flexibility index (Phi) is 5.62. The summed E-state index contributed by atoms with van der Waals surface area (Å²) in [4.78, 5) is 23.3. The number of anilines is 1. The molecule has 4 rings (SSSR count). The van der Waals surface area contributed by atoms with Gasteiger partial charge in [0.25, 0.3) is 0 Å². The highest BCUT2D eigenvalue weighted by Gasteiger charge is 2.18. The first-order chi connectivity index (χ1) is 14.6.